The van der Waals surface area contributed by atoms with Crippen LogP contribution < -0.4 is 4.74 Å². The molecular weight excluding hydrogens is 334 g/mol. The van der Waals surface area contributed by atoms with Gasteiger partial charge in [0.05, 0.1) is 12.7 Å². The number of phenolic OH excluding ortho intramolecular Hbond substituents is 1. The van der Waals surface area contributed by atoms with Crippen molar-refractivity contribution in [3.63, 3.8) is 0 Å². The van der Waals surface area contributed by atoms with Crippen LogP contribution in [0.4, 0.5) is 0 Å². The molecule has 4 nitrogen and oxygen atoms in total. The highest BCUT2D eigenvalue weighted by molar-refractivity contribution is 9.10. The molecule has 0 aliphatic carbocycles. The van der Waals surface area contributed by atoms with Crippen LogP contribution in [0.3, 0.4) is 0 Å². The van der Waals surface area contributed by atoms with E-state index in [1.54, 1.807) is 24.1 Å². The third kappa shape index (κ3) is 3.76. The molecule has 0 aliphatic heterocycles. The molecule has 0 saturated heterocycles. The van der Waals surface area contributed by atoms with Gasteiger partial charge in [0.25, 0.3) is 5.91 Å². The van der Waals surface area contributed by atoms with Gasteiger partial charge >= 0.3 is 0 Å². The Morgan fingerprint density at radius 2 is 1.90 bits per heavy atom. The maximum atomic E-state index is 12.4. The first-order valence-corrected chi connectivity index (χ1v) is 7.17. The third-order valence-electron chi connectivity index (χ3n) is 3.12. The molecule has 2 aromatic rings. The molecule has 0 unspecified atom stereocenters. The Balaban J connectivity index is 2.13. The summed E-state index contributed by atoms with van der Waals surface area (Å²) in [6.45, 7) is 0.470. The monoisotopic (exact) mass is 349 g/mol. The number of phenols is 1. The quantitative estimate of drug-likeness (QED) is 0.919. The predicted molar refractivity (Wildman–Crippen MR) is 84.6 cm³/mol. The molecule has 0 aliphatic rings. The second kappa shape index (κ2) is 6.63. The van der Waals surface area contributed by atoms with Crippen molar-refractivity contribution in [3.8, 4) is 11.5 Å². The molecule has 0 radical (unpaired) electrons. The van der Waals surface area contributed by atoms with Gasteiger partial charge in [0, 0.05) is 24.1 Å². The number of hydrogen-bond acceptors (Lipinski definition) is 3. The minimum Gasteiger partial charge on any atom is -0.507 e. The van der Waals surface area contributed by atoms with E-state index in [2.05, 4.69) is 15.9 Å². The second-order valence-corrected chi connectivity index (χ2v) is 5.59. The minimum absolute atomic E-state index is 0.0815. The minimum atomic E-state index is -0.238. The van der Waals surface area contributed by atoms with Crippen LogP contribution >= 0.6 is 15.9 Å². The zero-order valence-corrected chi connectivity index (χ0v) is 13.4. The number of ether oxygens (including phenoxy) is 1. The number of amides is 1. The van der Waals surface area contributed by atoms with Crippen LogP contribution in [0.5, 0.6) is 11.5 Å². The van der Waals surface area contributed by atoms with Gasteiger partial charge in [-0.25, -0.2) is 0 Å². The van der Waals surface area contributed by atoms with Crippen molar-refractivity contribution in [2.45, 2.75) is 6.54 Å². The molecule has 5 heteroatoms. The molecule has 1 amide bonds. The standard InChI is InChI=1S/C16H16BrNO3/c1-18(10-11-3-5-12(17)6-4-11)16(20)14-8-7-13(21-2)9-15(14)19/h3-9,19H,10H2,1-2H3. The number of methoxy groups -OCH3 is 1. The zero-order chi connectivity index (χ0) is 15.4. The Hall–Kier alpha value is -2.01. The van der Waals surface area contributed by atoms with E-state index >= 15 is 0 Å². The van der Waals surface area contributed by atoms with Gasteiger partial charge in [-0.1, -0.05) is 28.1 Å². The summed E-state index contributed by atoms with van der Waals surface area (Å²) in [6.07, 6.45) is 0. The number of aromatic hydroxyl groups is 1. The normalized spacial score (nSPS) is 10.2. The molecule has 110 valence electrons. The Labute approximate surface area is 132 Å². The highest BCUT2D eigenvalue weighted by Gasteiger charge is 2.16. The first kappa shape index (κ1) is 15.4. The van der Waals surface area contributed by atoms with Crippen LogP contribution in [0, 0.1) is 0 Å². The number of halogens is 1. The van der Waals surface area contributed by atoms with Crippen molar-refractivity contribution in [2.75, 3.05) is 14.2 Å². The molecule has 0 spiro atoms. The largest absolute Gasteiger partial charge is 0.507 e. The highest BCUT2D eigenvalue weighted by atomic mass is 79.9. The molecule has 0 fully saturated rings. The summed E-state index contributed by atoms with van der Waals surface area (Å²) in [5, 5.41) is 9.91. The summed E-state index contributed by atoms with van der Waals surface area (Å²) < 4.78 is 6.00. The van der Waals surface area contributed by atoms with E-state index < -0.39 is 0 Å². The summed E-state index contributed by atoms with van der Waals surface area (Å²) in [6, 6.07) is 12.4. The van der Waals surface area contributed by atoms with Crippen molar-refractivity contribution in [3.05, 3.63) is 58.1 Å². The Morgan fingerprint density at radius 3 is 2.48 bits per heavy atom. The lowest BCUT2D eigenvalue weighted by molar-refractivity contribution is 0.0782. The number of hydrogen-bond donors (Lipinski definition) is 1. The topological polar surface area (TPSA) is 49.8 Å². The van der Waals surface area contributed by atoms with Crippen LogP contribution in [0.2, 0.25) is 0 Å². The first-order chi connectivity index (χ1) is 10.0. The van der Waals surface area contributed by atoms with Crippen LogP contribution in [0.1, 0.15) is 15.9 Å². The summed E-state index contributed by atoms with van der Waals surface area (Å²) in [5.41, 5.74) is 1.28. The van der Waals surface area contributed by atoms with E-state index in [-0.39, 0.29) is 17.2 Å². The number of nitrogens with zero attached hydrogens (tertiary/aromatic N) is 1. The zero-order valence-electron chi connectivity index (χ0n) is 11.8. The van der Waals surface area contributed by atoms with Gasteiger partial charge in [0.1, 0.15) is 11.5 Å². The van der Waals surface area contributed by atoms with Gasteiger partial charge in [-0.2, -0.15) is 0 Å². The van der Waals surface area contributed by atoms with Crippen molar-refractivity contribution in [1.29, 1.82) is 0 Å². The van der Waals surface area contributed by atoms with Crippen LogP contribution in [-0.2, 0) is 6.54 Å². The average Bonchev–Trinajstić information content (AvgIpc) is 2.48. The number of carbonyl (C=O) groups is 1. The van der Waals surface area contributed by atoms with E-state index in [9.17, 15) is 9.90 Å². The highest BCUT2D eigenvalue weighted by Crippen LogP contribution is 2.24. The van der Waals surface area contributed by atoms with E-state index in [1.165, 1.54) is 13.2 Å². The fourth-order valence-electron chi connectivity index (χ4n) is 1.96. The fraction of sp³-hybridized carbons (Fsp3) is 0.188. The average molecular weight is 350 g/mol. The van der Waals surface area contributed by atoms with Crippen molar-refractivity contribution in [2.24, 2.45) is 0 Å². The molecule has 2 aromatic carbocycles. The first-order valence-electron chi connectivity index (χ1n) is 6.38. The molecule has 0 heterocycles. The van der Waals surface area contributed by atoms with Crippen LogP contribution in [0.25, 0.3) is 0 Å². The summed E-state index contributed by atoms with van der Waals surface area (Å²) in [7, 11) is 3.21. The van der Waals surface area contributed by atoms with Crippen molar-refractivity contribution < 1.29 is 14.6 Å². The van der Waals surface area contributed by atoms with E-state index in [0.29, 0.717) is 12.3 Å². The maximum Gasteiger partial charge on any atom is 0.257 e. The Morgan fingerprint density at radius 1 is 1.24 bits per heavy atom. The molecule has 0 atom stereocenters. The van der Waals surface area contributed by atoms with Gasteiger partial charge < -0.3 is 14.7 Å². The molecular formula is C16H16BrNO3. The Kier molecular flexibility index (Phi) is 4.85. The lowest BCUT2D eigenvalue weighted by atomic mass is 10.1. The van der Waals surface area contributed by atoms with Crippen LogP contribution in [0.15, 0.2) is 46.9 Å². The molecule has 21 heavy (non-hydrogen) atoms. The van der Waals surface area contributed by atoms with Crippen molar-refractivity contribution in [1.82, 2.24) is 4.90 Å². The van der Waals surface area contributed by atoms with Gasteiger partial charge in [-0.15, -0.1) is 0 Å². The second-order valence-electron chi connectivity index (χ2n) is 4.67. The van der Waals surface area contributed by atoms with Crippen molar-refractivity contribution >= 4 is 21.8 Å². The number of carbonyl (C=O) groups excluding carboxylic acids is 1. The third-order valence-corrected chi connectivity index (χ3v) is 3.64. The molecule has 2 rings (SSSR count). The van der Waals surface area contributed by atoms with E-state index in [1.807, 2.05) is 24.3 Å². The van der Waals surface area contributed by atoms with E-state index in [4.69, 9.17) is 4.74 Å². The number of benzene rings is 2. The lowest BCUT2D eigenvalue weighted by Crippen LogP contribution is -2.26. The fourth-order valence-corrected chi connectivity index (χ4v) is 2.22. The molecule has 1 N–H and O–H groups in total. The molecule has 0 bridgehead atoms. The summed E-state index contributed by atoms with van der Waals surface area (Å²) in [5.74, 6) is 0.194. The smallest absolute Gasteiger partial charge is 0.257 e. The predicted octanol–water partition coefficient (Wildman–Crippen LogP) is 3.44. The summed E-state index contributed by atoms with van der Waals surface area (Å²) >= 11 is 3.37. The Bertz CT molecular complexity index is 640. The SMILES string of the molecule is COc1ccc(C(=O)N(C)Cc2ccc(Br)cc2)c(O)c1. The van der Waals surface area contributed by atoms with Crippen LogP contribution in [-0.4, -0.2) is 30.1 Å². The lowest BCUT2D eigenvalue weighted by Gasteiger charge is -2.18. The van der Waals surface area contributed by atoms with E-state index in [0.717, 1.165) is 10.0 Å². The van der Waals surface area contributed by atoms with Gasteiger partial charge in [0.2, 0.25) is 0 Å². The summed E-state index contributed by atoms with van der Waals surface area (Å²) in [4.78, 5) is 13.9. The van der Waals surface area contributed by atoms with Gasteiger partial charge in [-0.05, 0) is 29.8 Å². The maximum absolute atomic E-state index is 12.4. The molecule has 0 saturated carbocycles. The van der Waals surface area contributed by atoms with Gasteiger partial charge in [0.15, 0.2) is 0 Å². The molecule has 0 aromatic heterocycles. The number of rotatable bonds is 4. The van der Waals surface area contributed by atoms with Gasteiger partial charge in [-0.3, -0.25) is 4.79 Å².